The lowest BCUT2D eigenvalue weighted by Crippen LogP contribution is -1.97. The number of rotatable bonds is 4. The van der Waals surface area contributed by atoms with Crippen LogP contribution in [0.1, 0.15) is 21.3 Å². The molecule has 3 rings (SSSR count). The van der Waals surface area contributed by atoms with E-state index in [0.29, 0.717) is 11.2 Å². The van der Waals surface area contributed by atoms with Crippen LogP contribution in [0, 0.1) is 6.92 Å². The van der Waals surface area contributed by atoms with Crippen molar-refractivity contribution in [3.8, 4) is 5.75 Å². The molecule has 1 heterocycles. The van der Waals surface area contributed by atoms with E-state index in [1.165, 1.54) is 28.2 Å². The summed E-state index contributed by atoms with van der Waals surface area (Å²) in [6.07, 6.45) is 0. The summed E-state index contributed by atoms with van der Waals surface area (Å²) < 4.78 is 6.49. The minimum atomic E-state index is 0.611. The van der Waals surface area contributed by atoms with Crippen LogP contribution < -0.4 is 4.74 Å². The summed E-state index contributed by atoms with van der Waals surface area (Å²) in [4.78, 5) is 0. The lowest BCUT2D eigenvalue weighted by atomic mass is 10.1. The second kappa shape index (κ2) is 6.59. The maximum Gasteiger partial charge on any atom is 0.119 e. The molecule has 0 spiro atoms. The summed E-state index contributed by atoms with van der Waals surface area (Å²) in [6.45, 7) is 2.76. The Bertz CT molecular complexity index is 559. The van der Waals surface area contributed by atoms with Gasteiger partial charge in [-0.25, -0.2) is 0 Å². The van der Waals surface area contributed by atoms with Crippen LogP contribution in [0.2, 0.25) is 0 Å². The Balaban J connectivity index is 1.62. The van der Waals surface area contributed by atoms with Crippen molar-refractivity contribution in [1.29, 1.82) is 0 Å². The molecule has 0 amide bonds. The van der Waals surface area contributed by atoms with Gasteiger partial charge in [-0.1, -0.05) is 36.4 Å². The molecule has 0 radical (unpaired) electrons. The summed E-state index contributed by atoms with van der Waals surface area (Å²) in [5.41, 5.74) is 3.93. The minimum absolute atomic E-state index is 0.611. The van der Waals surface area contributed by atoms with Gasteiger partial charge in [0.15, 0.2) is 0 Å². The Hall–Kier alpha value is -1.06. The SMILES string of the molecule is Cc1ccccc1COc1ccc(C2SCCS2)cc1. The van der Waals surface area contributed by atoms with Crippen LogP contribution in [0.4, 0.5) is 0 Å². The molecule has 0 bridgehead atoms. The molecule has 0 atom stereocenters. The number of hydrogen-bond acceptors (Lipinski definition) is 3. The molecular formula is C17H18OS2. The maximum atomic E-state index is 5.88. The molecule has 0 saturated carbocycles. The van der Waals surface area contributed by atoms with Crippen molar-refractivity contribution in [3.63, 3.8) is 0 Å². The normalized spacial score (nSPS) is 15.4. The molecule has 2 aromatic rings. The first-order valence-corrected chi connectivity index (χ1v) is 8.93. The van der Waals surface area contributed by atoms with Crippen molar-refractivity contribution in [3.05, 3.63) is 65.2 Å². The number of aryl methyl sites for hydroxylation is 1. The fourth-order valence-corrected chi connectivity index (χ4v) is 5.06. The number of ether oxygens (including phenoxy) is 1. The molecule has 0 aliphatic carbocycles. The quantitative estimate of drug-likeness (QED) is 0.782. The zero-order chi connectivity index (χ0) is 13.8. The third-order valence-corrected chi connectivity index (χ3v) is 6.53. The summed E-state index contributed by atoms with van der Waals surface area (Å²) in [7, 11) is 0. The van der Waals surface area contributed by atoms with Gasteiger partial charge in [0.05, 0.1) is 4.58 Å². The van der Waals surface area contributed by atoms with E-state index in [2.05, 4.69) is 55.5 Å². The second-order valence-electron chi connectivity index (χ2n) is 4.86. The molecule has 0 N–H and O–H groups in total. The standard InChI is InChI=1S/C17H18OS2/c1-13-4-2-3-5-15(13)12-18-16-8-6-14(7-9-16)17-19-10-11-20-17/h2-9,17H,10-12H2,1H3. The molecule has 1 fully saturated rings. The van der Waals surface area contributed by atoms with Gasteiger partial charge in [-0.3, -0.25) is 0 Å². The monoisotopic (exact) mass is 302 g/mol. The van der Waals surface area contributed by atoms with Crippen molar-refractivity contribution in [2.45, 2.75) is 18.1 Å². The second-order valence-corrected chi connectivity index (χ2v) is 7.58. The van der Waals surface area contributed by atoms with E-state index < -0.39 is 0 Å². The minimum Gasteiger partial charge on any atom is -0.489 e. The average Bonchev–Trinajstić information content (AvgIpc) is 3.01. The molecule has 0 aromatic heterocycles. The van der Waals surface area contributed by atoms with E-state index >= 15 is 0 Å². The van der Waals surface area contributed by atoms with E-state index in [1.807, 2.05) is 23.5 Å². The Morgan fingerprint density at radius 3 is 2.40 bits per heavy atom. The molecule has 104 valence electrons. The molecule has 20 heavy (non-hydrogen) atoms. The van der Waals surface area contributed by atoms with Crippen LogP contribution in [0.15, 0.2) is 48.5 Å². The maximum absolute atomic E-state index is 5.88. The van der Waals surface area contributed by atoms with Gasteiger partial charge in [0, 0.05) is 11.5 Å². The topological polar surface area (TPSA) is 9.23 Å². The van der Waals surface area contributed by atoms with E-state index in [4.69, 9.17) is 4.74 Å². The van der Waals surface area contributed by atoms with Crippen LogP contribution in [0.3, 0.4) is 0 Å². The molecule has 1 aliphatic heterocycles. The highest BCUT2D eigenvalue weighted by Gasteiger charge is 2.17. The smallest absolute Gasteiger partial charge is 0.119 e. The van der Waals surface area contributed by atoms with Crippen LogP contribution in [0.5, 0.6) is 5.75 Å². The summed E-state index contributed by atoms with van der Waals surface area (Å²) >= 11 is 4.07. The first-order chi connectivity index (χ1) is 9.83. The lowest BCUT2D eigenvalue weighted by Gasteiger charge is -2.11. The van der Waals surface area contributed by atoms with Crippen molar-refractivity contribution in [1.82, 2.24) is 0 Å². The first kappa shape index (κ1) is 13.9. The predicted molar refractivity (Wildman–Crippen MR) is 89.6 cm³/mol. The Kier molecular flexibility index (Phi) is 4.58. The van der Waals surface area contributed by atoms with Gasteiger partial charge in [0.25, 0.3) is 0 Å². The Morgan fingerprint density at radius 1 is 1.00 bits per heavy atom. The van der Waals surface area contributed by atoms with Gasteiger partial charge >= 0.3 is 0 Å². The molecule has 3 heteroatoms. The Morgan fingerprint density at radius 2 is 1.70 bits per heavy atom. The van der Waals surface area contributed by atoms with Crippen LogP contribution in [-0.2, 0) is 6.61 Å². The van der Waals surface area contributed by atoms with Gasteiger partial charge in [-0.05, 0) is 35.7 Å². The zero-order valence-electron chi connectivity index (χ0n) is 11.5. The molecule has 1 saturated heterocycles. The van der Waals surface area contributed by atoms with Crippen molar-refractivity contribution in [2.75, 3.05) is 11.5 Å². The van der Waals surface area contributed by atoms with Crippen molar-refractivity contribution >= 4 is 23.5 Å². The Labute approximate surface area is 129 Å². The van der Waals surface area contributed by atoms with E-state index in [0.717, 1.165) is 5.75 Å². The van der Waals surface area contributed by atoms with Crippen molar-refractivity contribution < 1.29 is 4.74 Å². The van der Waals surface area contributed by atoms with Crippen LogP contribution >= 0.6 is 23.5 Å². The highest BCUT2D eigenvalue weighted by molar-refractivity contribution is 8.19. The first-order valence-electron chi connectivity index (χ1n) is 6.83. The summed E-state index contributed by atoms with van der Waals surface area (Å²) in [6, 6.07) is 16.9. The van der Waals surface area contributed by atoms with E-state index in [1.54, 1.807) is 0 Å². The number of thioether (sulfide) groups is 2. The molecule has 1 aliphatic rings. The van der Waals surface area contributed by atoms with Crippen LogP contribution in [-0.4, -0.2) is 11.5 Å². The third kappa shape index (κ3) is 3.33. The fourth-order valence-electron chi connectivity index (χ4n) is 2.21. The average molecular weight is 302 g/mol. The van der Waals surface area contributed by atoms with Gasteiger partial charge in [-0.2, -0.15) is 0 Å². The third-order valence-electron chi connectivity index (χ3n) is 3.43. The van der Waals surface area contributed by atoms with Crippen molar-refractivity contribution in [2.24, 2.45) is 0 Å². The zero-order valence-corrected chi connectivity index (χ0v) is 13.2. The number of benzene rings is 2. The lowest BCUT2D eigenvalue weighted by molar-refractivity contribution is 0.305. The van der Waals surface area contributed by atoms with Gasteiger partial charge in [0.1, 0.15) is 12.4 Å². The summed E-state index contributed by atoms with van der Waals surface area (Å²) in [5.74, 6) is 3.48. The fraction of sp³-hybridized carbons (Fsp3) is 0.294. The molecule has 2 aromatic carbocycles. The van der Waals surface area contributed by atoms with Crippen LogP contribution in [0.25, 0.3) is 0 Å². The summed E-state index contributed by atoms with van der Waals surface area (Å²) in [5, 5.41) is 0. The highest BCUT2D eigenvalue weighted by Crippen LogP contribution is 2.45. The largest absolute Gasteiger partial charge is 0.489 e. The van der Waals surface area contributed by atoms with Gasteiger partial charge in [0.2, 0.25) is 0 Å². The molecule has 0 unspecified atom stereocenters. The molecular weight excluding hydrogens is 284 g/mol. The highest BCUT2D eigenvalue weighted by atomic mass is 32.2. The molecule has 1 nitrogen and oxygen atoms in total. The van der Waals surface area contributed by atoms with Gasteiger partial charge < -0.3 is 4.74 Å². The predicted octanol–water partition coefficient (Wildman–Crippen LogP) is 5.05. The van der Waals surface area contributed by atoms with Gasteiger partial charge in [-0.15, -0.1) is 23.5 Å². The number of hydrogen-bond donors (Lipinski definition) is 0. The van der Waals surface area contributed by atoms with E-state index in [-0.39, 0.29) is 0 Å². The van der Waals surface area contributed by atoms with E-state index in [9.17, 15) is 0 Å².